The molecule has 1 aliphatic heterocycles. The standard InChI is InChI=1S/C7H12O2.C2H6.CH5N/c1-5-3-6(2)7(8)9-4-5;2*1-2/h5-6H,3-4H2,1-2H3;1-2H3;2H2,1H3/t5-,6?;;/m1../s1. The lowest BCUT2D eigenvalue weighted by atomic mass is 9.96. The predicted molar refractivity (Wildman–Crippen MR) is 55.4 cm³/mol. The van der Waals surface area contributed by atoms with Gasteiger partial charge in [-0.15, -0.1) is 0 Å². The summed E-state index contributed by atoms with van der Waals surface area (Å²) in [5.74, 6) is 0.638. The van der Waals surface area contributed by atoms with Crippen molar-refractivity contribution in [1.29, 1.82) is 0 Å². The molecule has 0 bridgehead atoms. The number of nitrogens with two attached hydrogens (primary N) is 1. The van der Waals surface area contributed by atoms with Gasteiger partial charge in [-0.3, -0.25) is 4.79 Å². The van der Waals surface area contributed by atoms with E-state index in [9.17, 15) is 4.79 Å². The first kappa shape index (κ1) is 14.9. The number of rotatable bonds is 0. The molecule has 0 aromatic carbocycles. The van der Waals surface area contributed by atoms with Crippen molar-refractivity contribution in [1.82, 2.24) is 0 Å². The van der Waals surface area contributed by atoms with Gasteiger partial charge >= 0.3 is 5.97 Å². The van der Waals surface area contributed by atoms with E-state index < -0.39 is 0 Å². The van der Waals surface area contributed by atoms with Gasteiger partial charge in [0.15, 0.2) is 0 Å². The molecule has 1 heterocycles. The Morgan fingerprint density at radius 1 is 1.31 bits per heavy atom. The normalized spacial score (nSPS) is 25.8. The van der Waals surface area contributed by atoms with Crippen molar-refractivity contribution in [3.63, 3.8) is 0 Å². The first-order chi connectivity index (χ1) is 6.20. The summed E-state index contributed by atoms with van der Waals surface area (Å²) in [4.78, 5) is 10.7. The Morgan fingerprint density at radius 2 is 1.77 bits per heavy atom. The number of hydrogen-bond donors (Lipinski definition) is 1. The van der Waals surface area contributed by atoms with Crippen LogP contribution in [0.2, 0.25) is 0 Å². The van der Waals surface area contributed by atoms with Gasteiger partial charge in [0.1, 0.15) is 0 Å². The second-order valence-electron chi connectivity index (χ2n) is 2.87. The zero-order valence-corrected chi connectivity index (χ0v) is 9.46. The van der Waals surface area contributed by atoms with Crippen LogP contribution in [0.5, 0.6) is 0 Å². The molecule has 2 N–H and O–H groups in total. The monoisotopic (exact) mass is 189 g/mol. The third-order valence-electron chi connectivity index (χ3n) is 1.67. The zero-order chi connectivity index (χ0) is 10.9. The molecule has 3 heteroatoms. The number of cyclic esters (lactones) is 1. The smallest absolute Gasteiger partial charge is 0.308 e. The van der Waals surface area contributed by atoms with Crippen LogP contribution in [0.25, 0.3) is 0 Å². The Labute approximate surface area is 81.6 Å². The highest BCUT2D eigenvalue weighted by atomic mass is 16.5. The molecule has 1 saturated heterocycles. The summed E-state index contributed by atoms with van der Waals surface area (Å²) in [5.41, 5.74) is 4.50. The van der Waals surface area contributed by atoms with Crippen LogP contribution in [0.15, 0.2) is 0 Å². The molecule has 0 radical (unpaired) electrons. The van der Waals surface area contributed by atoms with Gasteiger partial charge in [0.05, 0.1) is 12.5 Å². The molecule has 1 aliphatic rings. The predicted octanol–water partition coefficient (Wildman–Crippen LogP) is 1.81. The molecule has 1 unspecified atom stereocenters. The minimum absolute atomic E-state index is 0.0342. The molecule has 1 fully saturated rings. The summed E-state index contributed by atoms with van der Waals surface area (Å²) in [7, 11) is 1.50. The van der Waals surface area contributed by atoms with Gasteiger partial charge in [-0.05, 0) is 19.4 Å². The second kappa shape index (κ2) is 9.52. The topological polar surface area (TPSA) is 52.3 Å². The van der Waals surface area contributed by atoms with Crippen LogP contribution >= 0.6 is 0 Å². The molecule has 13 heavy (non-hydrogen) atoms. The lowest BCUT2D eigenvalue weighted by Gasteiger charge is -2.22. The third kappa shape index (κ3) is 6.58. The molecule has 0 aromatic heterocycles. The number of carbonyl (C=O) groups is 1. The minimum Gasteiger partial charge on any atom is -0.465 e. The van der Waals surface area contributed by atoms with E-state index in [4.69, 9.17) is 4.74 Å². The molecule has 0 amide bonds. The van der Waals surface area contributed by atoms with Crippen molar-refractivity contribution in [3.8, 4) is 0 Å². The van der Waals surface area contributed by atoms with E-state index in [1.165, 1.54) is 7.05 Å². The molecule has 0 aliphatic carbocycles. The average molecular weight is 189 g/mol. The van der Waals surface area contributed by atoms with Crippen LogP contribution in [0, 0.1) is 11.8 Å². The van der Waals surface area contributed by atoms with Gasteiger partial charge < -0.3 is 10.5 Å². The summed E-state index contributed by atoms with van der Waals surface area (Å²) < 4.78 is 4.86. The van der Waals surface area contributed by atoms with E-state index in [1.54, 1.807) is 0 Å². The first-order valence-electron chi connectivity index (χ1n) is 4.94. The van der Waals surface area contributed by atoms with Crippen molar-refractivity contribution in [2.24, 2.45) is 17.6 Å². The third-order valence-corrected chi connectivity index (χ3v) is 1.67. The Kier molecular flexibility index (Phi) is 10.9. The summed E-state index contributed by atoms with van der Waals surface area (Å²) in [6, 6.07) is 0. The van der Waals surface area contributed by atoms with Gasteiger partial charge in [0.25, 0.3) is 0 Å². The van der Waals surface area contributed by atoms with Crippen molar-refractivity contribution < 1.29 is 9.53 Å². The fraction of sp³-hybridized carbons (Fsp3) is 0.900. The molecular weight excluding hydrogens is 166 g/mol. The van der Waals surface area contributed by atoms with Crippen LogP contribution in [-0.4, -0.2) is 19.6 Å². The van der Waals surface area contributed by atoms with E-state index in [2.05, 4.69) is 12.7 Å². The Morgan fingerprint density at radius 3 is 2.08 bits per heavy atom. The highest BCUT2D eigenvalue weighted by Crippen LogP contribution is 2.18. The summed E-state index contributed by atoms with van der Waals surface area (Å²) >= 11 is 0. The minimum atomic E-state index is -0.0342. The molecular formula is C10H23NO2. The molecule has 1 rings (SSSR count). The van der Waals surface area contributed by atoms with Crippen molar-refractivity contribution in [3.05, 3.63) is 0 Å². The number of carbonyl (C=O) groups excluding carboxylic acids is 1. The summed E-state index contributed by atoms with van der Waals surface area (Å²) in [5, 5.41) is 0. The molecule has 80 valence electrons. The van der Waals surface area contributed by atoms with E-state index >= 15 is 0 Å². The maximum atomic E-state index is 10.7. The number of ether oxygens (including phenoxy) is 1. The largest absolute Gasteiger partial charge is 0.465 e. The Hall–Kier alpha value is -0.570. The second-order valence-corrected chi connectivity index (χ2v) is 2.87. The van der Waals surface area contributed by atoms with Gasteiger partial charge in [0.2, 0.25) is 0 Å². The van der Waals surface area contributed by atoms with Crippen LogP contribution in [0.1, 0.15) is 34.1 Å². The number of esters is 1. The fourth-order valence-corrected chi connectivity index (χ4v) is 1.13. The molecule has 3 nitrogen and oxygen atoms in total. The summed E-state index contributed by atoms with van der Waals surface area (Å²) in [6.07, 6.45) is 0.985. The quantitative estimate of drug-likeness (QED) is 0.591. The SMILES string of the molecule is CC.CC1C[C@@H](C)COC1=O.CN. The molecule has 0 spiro atoms. The van der Waals surface area contributed by atoms with E-state index in [1.807, 2.05) is 20.8 Å². The van der Waals surface area contributed by atoms with E-state index in [0.29, 0.717) is 12.5 Å². The highest BCUT2D eigenvalue weighted by Gasteiger charge is 2.23. The maximum absolute atomic E-state index is 10.7. The van der Waals surface area contributed by atoms with Crippen LogP contribution in [0.4, 0.5) is 0 Å². The van der Waals surface area contributed by atoms with E-state index in [0.717, 1.165) is 6.42 Å². The van der Waals surface area contributed by atoms with Crippen molar-refractivity contribution >= 4 is 5.97 Å². The highest BCUT2D eigenvalue weighted by molar-refractivity contribution is 5.72. The zero-order valence-electron chi connectivity index (χ0n) is 9.46. The first-order valence-corrected chi connectivity index (χ1v) is 4.94. The van der Waals surface area contributed by atoms with Gasteiger partial charge in [-0.1, -0.05) is 27.7 Å². The molecule has 0 aromatic rings. The fourth-order valence-electron chi connectivity index (χ4n) is 1.13. The molecule has 2 atom stereocenters. The van der Waals surface area contributed by atoms with Crippen molar-refractivity contribution in [2.45, 2.75) is 34.1 Å². The van der Waals surface area contributed by atoms with E-state index in [-0.39, 0.29) is 11.9 Å². The lowest BCUT2D eigenvalue weighted by molar-refractivity contribution is -0.154. The van der Waals surface area contributed by atoms with Crippen LogP contribution in [-0.2, 0) is 9.53 Å². The average Bonchev–Trinajstić information content (AvgIpc) is 2.18. The van der Waals surface area contributed by atoms with Gasteiger partial charge in [-0.2, -0.15) is 0 Å². The number of hydrogen-bond acceptors (Lipinski definition) is 3. The van der Waals surface area contributed by atoms with Crippen LogP contribution in [0.3, 0.4) is 0 Å². The maximum Gasteiger partial charge on any atom is 0.308 e. The van der Waals surface area contributed by atoms with Crippen LogP contribution < -0.4 is 5.73 Å². The van der Waals surface area contributed by atoms with Crippen molar-refractivity contribution in [2.75, 3.05) is 13.7 Å². The lowest BCUT2D eigenvalue weighted by Crippen LogP contribution is -2.26. The molecule has 0 saturated carbocycles. The van der Waals surface area contributed by atoms with Gasteiger partial charge in [-0.25, -0.2) is 0 Å². The Balaban J connectivity index is 0. The summed E-state index contributed by atoms with van der Waals surface area (Å²) in [6.45, 7) is 8.63. The Bertz CT molecular complexity index is 126. The van der Waals surface area contributed by atoms with Gasteiger partial charge in [0, 0.05) is 0 Å².